The summed E-state index contributed by atoms with van der Waals surface area (Å²) in [7, 11) is 0. The second-order valence-electron chi connectivity index (χ2n) is 8.74. The number of halogens is 3. The molecule has 0 fully saturated rings. The summed E-state index contributed by atoms with van der Waals surface area (Å²) >= 11 is 1.63. The smallest absolute Gasteiger partial charge is 0.475 e. The van der Waals surface area contributed by atoms with Gasteiger partial charge in [0, 0.05) is 42.0 Å². The van der Waals surface area contributed by atoms with Crippen molar-refractivity contribution in [2.45, 2.75) is 38.5 Å². The molecule has 0 bridgehead atoms. The Morgan fingerprint density at radius 1 is 1.02 bits per heavy atom. The number of thiophene rings is 1. The van der Waals surface area contributed by atoms with Crippen molar-refractivity contribution in [3.8, 4) is 0 Å². The number of pyridine rings is 1. The molecule has 0 unspecified atom stereocenters. The predicted octanol–water partition coefficient (Wildman–Crippen LogP) is 4.87. The molecule has 4 rings (SSSR count). The number of benzene rings is 1. The van der Waals surface area contributed by atoms with Crippen molar-refractivity contribution in [2.75, 3.05) is 17.2 Å². The van der Waals surface area contributed by atoms with Crippen LogP contribution in [0, 0.1) is 6.92 Å². The van der Waals surface area contributed by atoms with E-state index in [4.69, 9.17) is 9.90 Å². The van der Waals surface area contributed by atoms with E-state index in [-0.39, 0.29) is 5.91 Å². The van der Waals surface area contributed by atoms with Gasteiger partial charge in [-0.2, -0.15) is 18.2 Å². The second-order valence-corrected chi connectivity index (χ2v) is 9.78. The molecule has 0 spiro atoms. The number of alkyl halides is 3. The van der Waals surface area contributed by atoms with E-state index in [0.29, 0.717) is 31.3 Å². The van der Waals surface area contributed by atoms with Crippen molar-refractivity contribution < 1.29 is 27.9 Å². The molecule has 0 radical (unpaired) electrons. The third-order valence-corrected chi connectivity index (χ3v) is 6.33. The number of carboxylic acid groups (broad SMARTS) is 1. The number of nitrogens with zero attached hydrogens (tertiary/aromatic N) is 3. The average molecular weight is 587 g/mol. The van der Waals surface area contributed by atoms with Crippen LogP contribution in [-0.2, 0) is 29.0 Å². The van der Waals surface area contributed by atoms with E-state index < -0.39 is 18.2 Å². The van der Waals surface area contributed by atoms with Gasteiger partial charge in [0.2, 0.25) is 11.9 Å². The van der Waals surface area contributed by atoms with Crippen LogP contribution in [0.1, 0.15) is 21.7 Å². The van der Waals surface area contributed by atoms with Gasteiger partial charge in [-0.3, -0.25) is 9.78 Å². The Morgan fingerprint density at radius 3 is 2.39 bits per heavy atom. The topological polar surface area (TPSA) is 129 Å². The molecule has 9 nitrogen and oxygen atoms in total. The van der Waals surface area contributed by atoms with Crippen LogP contribution in [0.15, 0.2) is 78.4 Å². The molecule has 3 aromatic heterocycles. The van der Waals surface area contributed by atoms with Crippen molar-refractivity contribution in [3.05, 3.63) is 100 Å². The van der Waals surface area contributed by atoms with E-state index >= 15 is 0 Å². The molecule has 1 amide bonds. The maximum atomic E-state index is 13.1. The standard InChI is InChI=1S/C26H28N6OS.C2HF3O2/c1-19-15-24(32-26(30-19)28-13-11-21-9-5-12-27-17-21)31-23(16-20-7-3-2-4-8-20)25(33)29-18-22-10-6-14-34-22;3-2(4,5)1(6)7/h2-10,12,14-15,17,23H,11,13,16,18H2,1H3,(H,29,33)(H2,28,30,31,32);(H,6,7)/t23-;/m0./s1. The molecule has 4 aromatic rings. The number of anilines is 2. The second kappa shape index (κ2) is 15.3. The van der Waals surface area contributed by atoms with Gasteiger partial charge < -0.3 is 21.1 Å². The van der Waals surface area contributed by atoms with Gasteiger partial charge in [0.25, 0.3) is 0 Å². The summed E-state index contributed by atoms with van der Waals surface area (Å²) in [5.74, 6) is -1.68. The van der Waals surface area contributed by atoms with Gasteiger partial charge in [0.05, 0.1) is 6.54 Å². The average Bonchev–Trinajstić information content (AvgIpc) is 3.46. The van der Waals surface area contributed by atoms with Gasteiger partial charge >= 0.3 is 12.1 Å². The molecule has 3 heterocycles. The highest BCUT2D eigenvalue weighted by atomic mass is 32.1. The first-order chi connectivity index (χ1) is 19.6. The summed E-state index contributed by atoms with van der Waals surface area (Å²) in [6.07, 6.45) is -0.102. The normalized spacial score (nSPS) is 11.5. The van der Waals surface area contributed by atoms with Crippen molar-refractivity contribution in [1.29, 1.82) is 0 Å². The first-order valence-electron chi connectivity index (χ1n) is 12.5. The molecule has 1 atom stereocenters. The lowest BCUT2D eigenvalue weighted by Gasteiger charge is -2.20. The molecular formula is C28H29F3N6O3S. The van der Waals surface area contributed by atoms with Crippen LogP contribution < -0.4 is 16.0 Å². The largest absolute Gasteiger partial charge is 0.490 e. The zero-order chi connectivity index (χ0) is 29.7. The van der Waals surface area contributed by atoms with Crippen LogP contribution in [-0.4, -0.2) is 50.7 Å². The van der Waals surface area contributed by atoms with Crippen LogP contribution in [0.25, 0.3) is 0 Å². The van der Waals surface area contributed by atoms with E-state index in [1.165, 1.54) is 0 Å². The Balaban J connectivity index is 0.000000587. The quantitative estimate of drug-likeness (QED) is 0.196. The summed E-state index contributed by atoms with van der Waals surface area (Å²) < 4.78 is 31.7. The Bertz CT molecular complexity index is 1370. The Kier molecular flexibility index (Phi) is 11.6. The molecule has 0 aliphatic heterocycles. The van der Waals surface area contributed by atoms with E-state index in [9.17, 15) is 18.0 Å². The van der Waals surface area contributed by atoms with Gasteiger partial charge in [0.1, 0.15) is 11.9 Å². The molecule has 41 heavy (non-hydrogen) atoms. The number of hydrogen-bond acceptors (Lipinski definition) is 8. The minimum absolute atomic E-state index is 0.0698. The summed E-state index contributed by atoms with van der Waals surface area (Å²) in [5.41, 5.74) is 3.04. The zero-order valence-corrected chi connectivity index (χ0v) is 22.9. The number of aliphatic carboxylic acids is 1. The van der Waals surface area contributed by atoms with E-state index in [1.54, 1.807) is 17.5 Å². The van der Waals surface area contributed by atoms with Crippen LogP contribution in [0.4, 0.5) is 24.9 Å². The maximum Gasteiger partial charge on any atom is 0.490 e. The fraction of sp³-hybridized carbons (Fsp3) is 0.250. The third-order valence-electron chi connectivity index (χ3n) is 5.45. The highest BCUT2D eigenvalue weighted by Gasteiger charge is 2.38. The lowest BCUT2D eigenvalue weighted by molar-refractivity contribution is -0.192. The van der Waals surface area contributed by atoms with Crippen LogP contribution in [0.3, 0.4) is 0 Å². The van der Waals surface area contributed by atoms with Gasteiger partial charge in [-0.15, -0.1) is 11.3 Å². The molecular weight excluding hydrogens is 557 g/mol. The van der Waals surface area contributed by atoms with Crippen molar-refractivity contribution in [2.24, 2.45) is 0 Å². The highest BCUT2D eigenvalue weighted by molar-refractivity contribution is 7.09. The number of carboxylic acids is 1. The molecule has 0 aliphatic carbocycles. The molecule has 0 aliphatic rings. The van der Waals surface area contributed by atoms with Crippen molar-refractivity contribution in [1.82, 2.24) is 20.3 Å². The summed E-state index contributed by atoms with van der Waals surface area (Å²) in [6, 6.07) is 19.3. The number of nitrogens with one attached hydrogen (secondary N) is 3. The van der Waals surface area contributed by atoms with E-state index in [0.717, 1.165) is 28.1 Å². The lowest BCUT2D eigenvalue weighted by Crippen LogP contribution is -2.41. The first-order valence-corrected chi connectivity index (χ1v) is 13.4. The number of aryl methyl sites for hydroxylation is 1. The molecule has 4 N–H and O–H groups in total. The number of hydrogen-bond donors (Lipinski definition) is 4. The number of carbonyl (C=O) groups is 2. The van der Waals surface area contributed by atoms with Crippen LogP contribution >= 0.6 is 11.3 Å². The lowest BCUT2D eigenvalue weighted by atomic mass is 10.1. The molecule has 216 valence electrons. The first kappa shape index (κ1) is 31.0. The highest BCUT2D eigenvalue weighted by Crippen LogP contribution is 2.15. The SMILES string of the molecule is Cc1cc(N[C@@H](Cc2ccccc2)C(=O)NCc2cccs2)nc(NCCc2cccnc2)n1.O=C(O)C(F)(F)F. The Labute approximate surface area is 238 Å². The monoisotopic (exact) mass is 586 g/mol. The molecule has 13 heteroatoms. The summed E-state index contributed by atoms with van der Waals surface area (Å²) in [4.78, 5) is 36.4. The third kappa shape index (κ3) is 11.2. The van der Waals surface area contributed by atoms with Gasteiger partial charge in [-0.25, -0.2) is 9.78 Å². The van der Waals surface area contributed by atoms with Gasteiger partial charge in [-0.05, 0) is 42.0 Å². The summed E-state index contributed by atoms with van der Waals surface area (Å²) in [6.45, 7) is 3.11. The van der Waals surface area contributed by atoms with Crippen LogP contribution in [0.2, 0.25) is 0 Å². The molecule has 0 saturated heterocycles. The van der Waals surface area contributed by atoms with E-state index in [1.807, 2.05) is 79.2 Å². The minimum atomic E-state index is -5.08. The Hall–Kier alpha value is -4.52. The number of amides is 1. The van der Waals surface area contributed by atoms with Crippen molar-refractivity contribution >= 4 is 35.0 Å². The van der Waals surface area contributed by atoms with Gasteiger partial charge in [-0.1, -0.05) is 42.5 Å². The van der Waals surface area contributed by atoms with Gasteiger partial charge in [0.15, 0.2) is 0 Å². The fourth-order valence-corrected chi connectivity index (χ4v) is 4.18. The molecule has 0 saturated carbocycles. The maximum absolute atomic E-state index is 13.1. The van der Waals surface area contributed by atoms with E-state index in [2.05, 4.69) is 30.9 Å². The predicted molar refractivity (Wildman–Crippen MR) is 151 cm³/mol. The Morgan fingerprint density at radius 2 is 1.76 bits per heavy atom. The van der Waals surface area contributed by atoms with Crippen LogP contribution in [0.5, 0.6) is 0 Å². The zero-order valence-electron chi connectivity index (χ0n) is 22.1. The molecule has 1 aromatic carbocycles. The van der Waals surface area contributed by atoms with Crippen molar-refractivity contribution in [3.63, 3.8) is 0 Å². The number of rotatable bonds is 11. The minimum Gasteiger partial charge on any atom is -0.475 e. The number of carbonyl (C=O) groups excluding carboxylic acids is 1. The fourth-order valence-electron chi connectivity index (χ4n) is 3.53. The summed E-state index contributed by atoms with van der Waals surface area (Å²) in [5, 5.41) is 18.8. The number of aromatic nitrogens is 3.